The molecule has 4 rings (SSSR count). The molecule has 1 fully saturated rings. The van der Waals surface area contributed by atoms with Crippen LogP contribution in [0.2, 0.25) is 0 Å². The Morgan fingerprint density at radius 3 is 2.60 bits per heavy atom. The van der Waals surface area contributed by atoms with E-state index in [1.807, 2.05) is 18.2 Å². The Hall–Kier alpha value is -2.73. The van der Waals surface area contributed by atoms with Crippen molar-refractivity contribution in [3.8, 4) is 0 Å². The minimum absolute atomic E-state index is 0.0197. The zero-order valence-electron chi connectivity index (χ0n) is 17.5. The lowest BCUT2D eigenvalue weighted by Gasteiger charge is -2.23. The minimum atomic E-state index is -0.215. The normalized spacial score (nSPS) is 16.8. The third-order valence-corrected chi connectivity index (χ3v) is 5.95. The first-order chi connectivity index (χ1) is 14.7. The van der Waals surface area contributed by atoms with Gasteiger partial charge in [0.15, 0.2) is 5.82 Å². The number of benzene rings is 1. The molecule has 3 heterocycles. The van der Waals surface area contributed by atoms with Crippen molar-refractivity contribution in [3.63, 3.8) is 0 Å². The molecule has 0 aliphatic carbocycles. The summed E-state index contributed by atoms with van der Waals surface area (Å²) < 4.78 is 0. The van der Waals surface area contributed by atoms with Gasteiger partial charge in [0.05, 0.1) is 16.9 Å². The number of nitrogens with zero attached hydrogens (tertiary/aromatic N) is 3. The van der Waals surface area contributed by atoms with Crippen molar-refractivity contribution >= 4 is 29.0 Å². The van der Waals surface area contributed by atoms with E-state index in [0.29, 0.717) is 29.2 Å². The highest BCUT2D eigenvalue weighted by atomic mass is 16.2. The molecular weight excluding hydrogens is 376 g/mol. The number of anilines is 3. The van der Waals surface area contributed by atoms with Crippen LogP contribution < -0.4 is 10.2 Å². The summed E-state index contributed by atoms with van der Waals surface area (Å²) in [6.07, 6.45) is 10.4. The van der Waals surface area contributed by atoms with E-state index in [9.17, 15) is 9.59 Å². The molecular formula is C24H30N4O2. The van der Waals surface area contributed by atoms with Gasteiger partial charge in [-0.2, -0.15) is 0 Å². The molecule has 0 bridgehead atoms. The highest BCUT2D eigenvalue weighted by molar-refractivity contribution is 6.17. The molecule has 6 heteroatoms. The summed E-state index contributed by atoms with van der Waals surface area (Å²) in [4.78, 5) is 34.4. The first-order valence-electron chi connectivity index (χ1n) is 11.1. The number of amides is 2. The molecule has 6 nitrogen and oxygen atoms in total. The number of fused-ring (bicyclic) bond motifs is 2. The molecule has 1 aromatic heterocycles. The average Bonchev–Trinajstić information content (AvgIpc) is 3.09. The Labute approximate surface area is 178 Å². The lowest BCUT2D eigenvalue weighted by molar-refractivity contribution is -0.118. The molecule has 0 atom stereocenters. The van der Waals surface area contributed by atoms with E-state index in [0.717, 1.165) is 25.8 Å². The van der Waals surface area contributed by atoms with Gasteiger partial charge in [0.25, 0.3) is 5.91 Å². The second-order valence-electron chi connectivity index (χ2n) is 8.14. The summed E-state index contributed by atoms with van der Waals surface area (Å²) in [5.41, 5.74) is 1.65. The Kier molecular flexibility index (Phi) is 6.74. The molecule has 1 aromatic carbocycles. The summed E-state index contributed by atoms with van der Waals surface area (Å²) in [5, 5.41) is 2.88. The maximum Gasteiger partial charge on any atom is 0.257 e. The van der Waals surface area contributed by atoms with E-state index in [-0.39, 0.29) is 11.8 Å². The standard InChI is InChI=1S/C24H30N4O2/c29-22(14-4-3-9-18-27-16-7-1-2-8-17-27)28-21-13-6-5-11-19(21)24(30)26-20-12-10-15-25-23(20)28/h5-6,10-13,15H,1-4,7-9,14,16-18H2,(H,26,30). The van der Waals surface area contributed by atoms with E-state index < -0.39 is 0 Å². The van der Waals surface area contributed by atoms with Gasteiger partial charge < -0.3 is 10.2 Å². The van der Waals surface area contributed by atoms with E-state index >= 15 is 0 Å². The molecule has 0 unspecified atom stereocenters. The third kappa shape index (κ3) is 4.70. The van der Waals surface area contributed by atoms with Gasteiger partial charge in [0, 0.05) is 12.6 Å². The Balaban J connectivity index is 1.40. The molecule has 0 radical (unpaired) electrons. The summed E-state index contributed by atoms with van der Waals surface area (Å²) >= 11 is 0. The number of para-hydroxylation sites is 1. The van der Waals surface area contributed by atoms with Crippen LogP contribution in [0, 0.1) is 0 Å². The van der Waals surface area contributed by atoms with Crippen LogP contribution in [0.25, 0.3) is 0 Å². The topological polar surface area (TPSA) is 65.5 Å². The van der Waals surface area contributed by atoms with Crippen molar-refractivity contribution in [1.29, 1.82) is 0 Å². The van der Waals surface area contributed by atoms with Crippen LogP contribution in [-0.4, -0.2) is 41.3 Å². The first-order valence-corrected chi connectivity index (χ1v) is 11.1. The van der Waals surface area contributed by atoms with Crippen LogP contribution in [0.5, 0.6) is 0 Å². The number of hydrogen-bond donors (Lipinski definition) is 1. The van der Waals surface area contributed by atoms with Gasteiger partial charge in [-0.05, 0) is 69.6 Å². The summed E-state index contributed by atoms with van der Waals surface area (Å²) in [7, 11) is 0. The molecule has 0 saturated carbocycles. The van der Waals surface area contributed by atoms with E-state index in [2.05, 4.69) is 15.2 Å². The summed E-state index contributed by atoms with van der Waals surface area (Å²) in [6, 6.07) is 10.8. The molecule has 158 valence electrons. The van der Waals surface area contributed by atoms with Crippen LogP contribution in [-0.2, 0) is 4.79 Å². The van der Waals surface area contributed by atoms with Gasteiger partial charge in [0.2, 0.25) is 5.91 Å². The fourth-order valence-electron chi connectivity index (χ4n) is 4.35. The maximum atomic E-state index is 13.2. The molecule has 2 aliphatic rings. The number of carbonyl (C=O) groups is 2. The van der Waals surface area contributed by atoms with Crippen LogP contribution in [0.1, 0.15) is 61.7 Å². The van der Waals surface area contributed by atoms with E-state index in [4.69, 9.17) is 0 Å². The van der Waals surface area contributed by atoms with Crippen molar-refractivity contribution < 1.29 is 9.59 Å². The van der Waals surface area contributed by atoms with Crippen LogP contribution >= 0.6 is 0 Å². The number of nitrogens with one attached hydrogen (secondary N) is 1. The fourth-order valence-corrected chi connectivity index (χ4v) is 4.35. The summed E-state index contributed by atoms with van der Waals surface area (Å²) in [5.74, 6) is 0.256. The van der Waals surface area contributed by atoms with Gasteiger partial charge in [-0.25, -0.2) is 4.98 Å². The zero-order valence-corrected chi connectivity index (χ0v) is 17.5. The number of aromatic nitrogens is 1. The minimum Gasteiger partial charge on any atom is -0.319 e. The lowest BCUT2D eigenvalue weighted by atomic mass is 10.1. The van der Waals surface area contributed by atoms with Crippen molar-refractivity contribution in [1.82, 2.24) is 9.88 Å². The number of likely N-dealkylation sites (tertiary alicyclic amines) is 1. The highest BCUT2D eigenvalue weighted by Crippen LogP contribution is 2.36. The van der Waals surface area contributed by atoms with Crippen molar-refractivity contribution in [2.45, 2.75) is 51.4 Å². The van der Waals surface area contributed by atoms with E-state index in [1.165, 1.54) is 38.8 Å². The maximum absolute atomic E-state index is 13.2. The number of pyridine rings is 1. The van der Waals surface area contributed by atoms with Crippen molar-refractivity contribution in [2.75, 3.05) is 29.9 Å². The Morgan fingerprint density at radius 1 is 0.967 bits per heavy atom. The van der Waals surface area contributed by atoms with Crippen molar-refractivity contribution in [3.05, 3.63) is 48.2 Å². The smallest absolute Gasteiger partial charge is 0.257 e. The number of carbonyl (C=O) groups excluding carboxylic acids is 2. The van der Waals surface area contributed by atoms with Gasteiger partial charge in [-0.3, -0.25) is 14.5 Å². The predicted octanol–water partition coefficient (Wildman–Crippen LogP) is 4.75. The average molecular weight is 407 g/mol. The zero-order chi connectivity index (χ0) is 20.8. The third-order valence-electron chi connectivity index (χ3n) is 5.95. The number of hydrogen-bond acceptors (Lipinski definition) is 4. The van der Waals surface area contributed by atoms with E-state index in [1.54, 1.807) is 29.3 Å². The number of rotatable bonds is 6. The predicted molar refractivity (Wildman–Crippen MR) is 119 cm³/mol. The molecule has 30 heavy (non-hydrogen) atoms. The Morgan fingerprint density at radius 2 is 1.77 bits per heavy atom. The van der Waals surface area contributed by atoms with Gasteiger partial charge in [-0.1, -0.05) is 31.4 Å². The number of unbranched alkanes of at least 4 members (excludes halogenated alkanes) is 2. The van der Waals surface area contributed by atoms with Gasteiger partial charge in [-0.15, -0.1) is 0 Å². The largest absolute Gasteiger partial charge is 0.319 e. The second-order valence-corrected chi connectivity index (χ2v) is 8.14. The lowest BCUT2D eigenvalue weighted by Crippen LogP contribution is -2.27. The van der Waals surface area contributed by atoms with Crippen LogP contribution in [0.3, 0.4) is 0 Å². The summed E-state index contributed by atoms with van der Waals surface area (Å²) in [6.45, 7) is 3.56. The molecule has 1 N–H and O–H groups in total. The van der Waals surface area contributed by atoms with Crippen molar-refractivity contribution in [2.24, 2.45) is 0 Å². The molecule has 2 amide bonds. The second kappa shape index (κ2) is 9.85. The molecule has 1 saturated heterocycles. The Bertz CT molecular complexity index is 890. The highest BCUT2D eigenvalue weighted by Gasteiger charge is 2.29. The van der Waals surface area contributed by atoms with Gasteiger partial charge in [0.1, 0.15) is 0 Å². The monoisotopic (exact) mass is 406 g/mol. The molecule has 0 spiro atoms. The quantitative estimate of drug-likeness (QED) is 0.703. The molecule has 2 aliphatic heterocycles. The molecule has 2 aromatic rings. The van der Waals surface area contributed by atoms with Crippen LogP contribution in [0.15, 0.2) is 42.6 Å². The van der Waals surface area contributed by atoms with Crippen LogP contribution in [0.4, 0.5) is 17.2 Å². The first kappa shape index (κ1) is 20.5. The van der Waals surface area contributed by atoms with Gasteiger partial charge >= 0.3 is 0 Å². The fraction of sp³-hybridized carbons (Fsp3) is 0.458. The SMILES string of the molecule is O=C1Nc2cccnc2N(C(=O)CCCCCN2CCCCCC2)c2ccccc21.